The molecule has 0 saturated heterocycles. The van der Waals surface area contributed by atoms with Crippen LogP contribution in [-0.2, 0) is 0 Å². The fourth-order valence-electron chi connectivity index (χ4n) is 2.43. The van der Waals surface area contributed by atoms with Crippen molar-refractivity contribution < 1.29 is 14.6 Å². The van der Waals surface area contributed by atoms with Gasteiger partial charge in [-0.3, -0.25) is 0 Å². The zero-order chi connectivity index (χ0) is 13.0. The number of hydrogen-bond acceptors (Lipinski definition) is 4. The van der Waals surface area contributed by atoms with Gasteiger partial charge in [-0.05, 0) is 43.5 Å². The minimum atomic E-state index is -0.477. The first-order valence-electron chi connectivity index (χ1n) is 6.36. The molecule has 2 unspecified atom stereocenters. The van der Waals surface area contributed by atoms with Gasteiger partial charge in [0.15, 0.2) is 0 Å². The molecular weight excluding hydrogens is 230 g/mol. The van der Waals surface area contributed by atoms with Gasteiger partial charge in [0.05, 0.1) is 13.7 Å². The number of hydrogen-bond donors (Lipinski definition) is 2. The predicted octanol–water partition coefficient (Wildman–Crippen LogP) is 1.71. The van der Waals surface area contributed by atoms with Crippen molar-refractivity contribution >= 4 is 0 Å². The number of ether oxygens (including phenoxy) is 2. The molecule has 4 nitrogen and oxygen atoms in total. The van der Waals surface area contributed by atoms with E-state index >= 15 is 0 Å². The molecule has 1 fully saturated rings. The maximum Gasteiger partial charge on any atom is 0.119 e. The molecule has 18 heavy (non-hydrogen) atoms. The van der Waals surface area contributed by atoms with Crippen molar-refractivity contribution in [2.75, 3.05) is 13.7 Å². The van der Waals surface area contributed by atoms with Crippen molar-refractivity contribution in [2.24, 2.45) is 5.73 Å². The van der Waals surface area contributed by atoms with Crippen LogP contribution in [0.15, 0.2) is 24.3 Å². The molecule has 1 aliphatic rings. The molecule has 0 aromatic heterocycles. The van der Waals surface area contributed by atoms with E-state index in [2.05, 4.69) is 0 Å². The van der Waals surface area contributed by atoms with Gasteiger partial charge in [-0.2, -0.15) is 0 Å². The molecule has 0 radical (unpaired) electrons. The summed E-state index contributed by atoms with van der Waals surface area (Å²) in [6.45, 7) is 0.0233. The minimum absolute atomic E-state index is 0.0233. The monoisotopic (exact) mass is 251 g/mol. The van der Waals surface area contributed by atoms with Crippen molar-refractivity contribution in [3.8, 4) is 11.5 Å². The highest BCUT2D eigenvalue weighted by Crippen LogP contribution is 2.29. The summed E-state index contributed by atoms with van der Waals surface area (Å²) in [6.07, 6.45) is 3.65. The first kappa shape index (κ1) is 13.2. The molecule has 2 atom stereocenters. The highest BCUT2D eigenvalue weighted by Gasteiger charge is 2.33. The molecule has 3 N–H and O–H groups in total. The second kappa shape index (κ2) is 5.59. The maximum atomic E-state index is 9.31. The first-order valence-corrected chi connectivity index (χ1v) is 6.36. The molecule has 1 aliphatic carbocycles. The second-order valence-electron chi connectivity index (χ2n) is 5.03. The summed E-state index contributed by atoms with van der Waals surface area (Å²) < 4.78 is 11.0. The van der Waals surface area contributed by atoms with Crippen LogP contribution in [-0.4, -0.2) is 30.5 Å². The summed E-state index contributed by atoms with van der Waals surface area (Å²) in [5, 5.41) is 9.31. The number of rotatable bonds is 4. The van der Waals surface area contributed by atoms with Gasteiger partial charge < -0.3 is 20.3 Å². The van der Waals surface area contributed by atoms with Gasteiger partial charge in [-0.1, -0.05) is 0 Å². The van der Waals surface area contributed by atoms with E-state index in [0.717, 1.165) is 30.8 Å². The quantitative estimate of drug-likeness (QED) is 0.855. The molecule has 1 saturated carbocycles. The molecule has 0 heterocycles. The summed E-state index contributed by atoms with van der Waals surface area (Å²) in [5.74, 6) is 1.64. The third kappa shape index (κ3) is 3.15. The lowest BCUT2D eigenvalue weighted by molar-refractivity contribution is 0.0728. The Balaban J connectivity index is 1.96. The molecule has 0 spiro atoms. The first-order chi connectivity index (χ1) is 8.65. The average molecular weight is 251 g/mol. The third-order valence-electron chi connectivity index (χ3n) is 3.51. The van der Waals surface area contributed by atoms with Gasteiger partial charge in [-0.15, -0.1) is 0 Å². The number of aliphatic hydroxyl groups is 1. The summed E-state index contributed by atoms with van der Waals surface area (Å²) in [7, 11) is 1.64. The standard InChI is InChI=1S/C14H21NO3/c1-17-11-4-6-12(7-5-11)18-13-3-2-8-14(15,9-13)10-16/h4-7,13,16H,2-3,8-10,15H2,1H3. The fraction of sp³-hybridized carbons (Fsp3) is 0.571. The summed E-state index contributed by atoms with van der Waals surface area (Å²) in [6, 6.07) is 7.54. The molecule has 0 amide bonds. The van der Waals surface area contributed by atoms with Crippen LogP contribution in [0, 0.1) is 0 Å². The fourth-order valence-corrected chi connectivity index (χ4v) is 2.43. The molecule has 100 valence electrons. The van der Waals surface area contributed by atoms with E-state index in [-0.39, 0.29) is 12.7 Å². The smallest absolute Gasteiger partial charge is 0.119 e. The van der Waals surface area contributed by atoms with Crippen molar-refractivity contribution in [3.05, 3.63) is 24.3 Å². The van der Waals surface area contributed by atoms with Gasteiger partial charge in [0.25, 0.3) is 0 Å². The zero-order valence-electron chi connectivity index (χ0n) is 10.8. The molecule has 2 rings (SSSR count). The van der Waals surface area contributed by atoms with Crippen LogP contribution in [0.3, 0.4) is 0 Å². The molecule has 0 bridgehead atoms. The number of nitrogens with two attached hydrogens (primary N) is 1. The molecular formula is C14H21NO3. The number of benzene rings is 1. The highest BCUT2D eigenvalue weighted by molar-refractivity contribution is 5.31. The van der Waals surface area contributed by atoms with Gasteiger partial charge in [0.1, 0.15) is 17.6 Å². The Bertz CT molecular complexity index is 379. The minimum Gasteiger partial charge on any atom is -0.497 e. The maximum absolute atomic E-state index is 9.31. The van der Waals surface area contributed by atoms with Gasteiger partial charge in [0, 0.05) is 12.0 Å². The lowest BCUT2D eigenvalue weighted by Crippen LogP contribution is -2.50. The van der Waals surface area contributed by atoms with Crippen LogP contribution in [0.5, 0.6) is 11.5 Å². The van der Waals surface area contributed by atoms with Crippen molar-refractivity contribution in [3.63, 3.8) is 0 Å². The van der Waals surface area contributed by atoms with Gasteiger partial charge in [-0.25, -0.2) is 0 Å². The van der Waals surface area contributed by atoms with E-state index in [1.165, 1.54) is 0 Å². The lowest BCUT2D eigenvalue weighted by atomic mass is 9.81. The van der Waals surface area contributed by atoms with Crippen molar-refractivity contribution in [2.45, 2.75) is 37.3 Å². The van der Waals surface area contributed by atoms with E-state index in [1.807, 2.05) is 24.3 Å². The SMILES string of the molecule is COc1ccc(OC2CCCC(N)(CO)C2)cc1. The Labute approximate surface area is 108 Å². The average Bonchev–Trinajstić information content (AvgIpc) is 2.40. The Morgan fingerprint density at radius 3 is 2.61 bits per heavy atom. The topological polar surface area (TPSA) is 64.7 Å². The number of methoxy groups -OCH3 is 1. The van der Waals surface area contributed by atoms with Crippen LogP contribution in [0.2, 0.25) is 0 Å². The van der Waals surface area contributed by atoms with Crippen molar-refractivity contribution in [1.82, 2.24) is 0 Å². The van der Waals surface area contributed by atoms with Crippen LogP contribution in [0.1, 0.15) is 25.7 Å². The van der Waals surface area contributed by atoms with Gasteiger partial charge in [0.2, 0.25) is 0 Å². The Hall–Kier alpha value is -1.26. The largest absolute Gasteiger partial charge is 0.497 e. The van der Waals surface area contributed by atoms with E-state index in [0.29, 0.717) is 6.42 Å². The van der Waals surface area contributed by atoms with Crippen LogP contribution in [0.25, 0.3) is 0 Å². The third-order valence-corrected chi connectivity index (χ3v) is 3.51. The molecule has 4 heteroatoms. The van der Waals surface area contributed by atoms with E-state index in [4.69, 9.17) is 15.2 Å². The van der Waals surface area contributed by atoms with Gasteiger partial charge >= 0.3 is 0 Å². The van der Waals surface area contributed by atoms with E-state index < -0.39 is 5.54 Å². The predicted molar refractivity (Wildman–Crippen MR) is 69.9 cm³/mol. The molecule has 0 aliphatic heterocycles. The normalized spacial score (nSPS) is 27.8. The summed E-state index contributed by atoms with van der Waals surface area (Å²) in [5.41, 5.74) is 5.62. The van der Waals surface area contributed by atoms with E-state index in [9.17, 15) is 5.11 Å². The van der Waals surface area contributed by atoms with Crippen LogP contribution >= 0.6 is 0 Å². The Kier molecular flexibility index (Phi) is 4.09. The number of aliphatic hydroxyl groups excluding tert-OH is 1. The lowest BCUT2D eigenvalue weighted by Gasteiger charge is -2.36. The van der Waals surface area contributed by atoms with Crippen molar-refractivity contribution in [1.29, 1.82) is 0 Å². The van der Waals surface area contributed by atoms with Crippen LogP contribution < -0.4 is 15.2 Å². The van der Waals surface area contributed by atoms with E-state index in [1.54, 1.807) is 7.11 Å². The second-order valence-corrected chi connectivity index (χ2v) is 5.03. The highest BCUT2D eigenvalue weighted by atomic mass is 16.5. The Morgan fingerprint density at radius 2 is 2.00 bits per heavy atom. The summed E-state index contributed by atoms with van der Waals surface area (Å²) >= 11 is 0. The Morgan fingerprint density at radius 1 is 1.33 bits per heavy atom. The molecule has 1 aromatic rings. The van der Waals surface area contributed by atoms with Crippen LogP contribution in [0.4, 0.5) is 0 Å². The zero-order valence-corrected chi connectivity index (χ0v) is 10.8. The summed E-state index contributed by atoms with van der Waals surface area (Å²) in [4.78, 5) is 0. The molecule has 1 aromatic carbocycles.